The van der Waals surface area contributed by atoms with E-state index in [0.29, 0.717) is 19.6 Å². The summed E-state index contributed by atoms with van der Waals surface area (Å²) in [6, 6.07) is 10.1. The molecule has 0 saturated heterocycles. The number of amides is 1. The molecule has 0 aliphatic carbocycles. The number of rotatable bonds is 11. The number of carboxylic acid groups (broad SMARTS) is 1. The van der Waals surface area contributed by atoms with E-state index >= 15 is 0 Å². The van der Waals surface area contributed by atoms with Crippen molar-refractivity contribution in [1.29, 1.82) is 0 Å². The first-order valence-electron chi connectivity index (χ1n) is 9.03. The average Bonchev–Trinajstić information content (AvgIpc) is 2.72. The molecular weight excluding hydrogens is 396 g/mol. The number of aromatic carboxylic acids is 1. The largest absolute Gasteiger partial charge is 0.503 e. The Morgan fingerprint density at radius 3 is 2.59 bits per heavy atom. The second kappa shape index (κ2) is 11.3. The maximum Gasteiger partial charge on any atom is 0.341 e. The van der Waals surface area contributed by atoms with Gasteiger partial charge in [0, 0.05) is 32.1 Å². The second-order valence-electron chi connectivity index (χ2n) is 6.24. The van der Waals surface area contributed by atoms with E-state index in [1.54, 1.807) is 11.8 Å². The van der Waals surface area contributed by atoms with Crippen molar-refractivity contribution < 1.29 is 24.5 Å². The SMILES string of the molecule is COCCN(CCCSCc1ccccc1)C(=O)c1[nH]cc(C(=O)O)c(=O)c1O. The third kappa shape index (κ3) is 6.37. The fraction of sp³-hybridized carbons (Fsp3) is 0.350. The highest BCUT2D eigenvalue weighted by Crippen LogP contribution is 2.15. The number of nitrogens with zero attached hydrogens (tertiary/aromatic N) is 1. The van der Waals surface area contributed by atoms with Crippen LogP contribution in [0.15, 0.2) is 41.3 Å². The van der Waals surface area contributed by atoms with Gasteiger partial charge in [-0.25, -0.2) is 4.79 Å². The number of carbonyl (C=O) groups excluding carboxylic acids is 1. The number of aromatic hydroxyl groups is 1. The summed E-state index contributed by atoms with van der Waals surface area (Å²) < 4.78 is 5.04. The maximum absolute atomic E-state index is 12.8. The van der Waals surface area contributed by atoms with Crippen LogP contribution in [0, 0.1) is 0 Å². The van der Waals surface area contributed by atoms with Crippen molar-refractivity contribution in [2.45, 2.75) is 12.2 Å². The average molecular weight is 420 g/mol. The molecule has 0 spiro atoms. The highest BCUT2D eigenvalue weighted by molar-refractivity contribution is 7.98. The third-order valence-electron chi connectivity index (χ3n) is 4.18. The van der Waals surface area contributed by atoms with Crippen molar-refractivity contribution in [2.75, 3.05) is 32.6 Å². The molecular formula is C20H24N2O6S. The summed E-state index contributed by atoms with van der Waals surface area (Å²) in [5.41, 5.74) is -0.816. The van der Waals surface area contributed by atoms with Crippen LogP contribution in [-0.4, -0.2) is 64.5 Å². The Morgan fingerprint density at radius 2 is 1.93 bits per heavy atom. The second-order valence-corrected chi connectivity index (χ2v) is 7.34. The fourth-order valence-electron chi connectivity index (χ4n) is 2.64. The van der Waals surface area contributed by atoms with Crippen LogP contribution in [-0.2, 0) is 10.5 Å². The standard InChI is InChI=1S/C20H24N2O6S/c1-28-10-9-22(8-5-11-29-13-14-6-3-2-4-7-14)19(25)16-18(24)17(23)15(12-21-16)20(26)27/h2-4,6-7,12,24H,5,8-11,13H2,1H3,(H,21,23)(H,26,27). The van der Waals surface area contributed by atoms with Gasteiger partial charge in [-0.05, 0) is 17.7 Å². The van der Waals surface area contributed by atoms with Gasteiger partial charge in [-0.1, -0.05) is 30.3 Å². The van der Waals surface area contributed by atoms with E-state index < -0.39 is 28.6 Å². The molecule has 3 N–H and O–H groups in total. The molecule has 0 unspecified atom stereocenters. The Bertz CT molecular complexity index is 884. The van der Waals surface area contributed by atoms with Gasteiger partial charge in [0.25, 0.3) is 5.91 Å². The first kappa shape index (κ1) is 22.5. The first-order chi connectivity index (χ1) is 14.0. The molecule has 0 fully saturated rings. The van der Waals surface area contributed by atoms with E-state index in [2.05, 4.69) is 17.1 Å². The van der Waals surface area contributed by atoms with Crippen molar-refractivity contribution in [3.05, 3.63) is 63.6 Å². The van der Waals surface area contributed by atoms with E-state index in [1.165, 1.54) is 17.6 Å². The molecule has 2 aromatic rings. The number of methoxy groups -OCH3 is 1. The number of aromatic amines is 1. The highest BCUT2D eigenvalue weighted by atomic mass is 32.2. The Hall–Kier alpha value is -2.78. The molecule has 8 nitrogen and oxygen atoms in total. The molecule has 0 aliphatic rings. The lowest BCUT2D eigenvalue weighted by molar-refractivity contribution is 0.0674. The minimum absolute atomic E-state index is 0.279. The first-order valence-corrected chi connectivity index (χ1v) is 10.2. The maximum atomic E-state index is 12.8. The van der Waals surface area contributed by atoms with Crippen LogP contribution in [0.1, 0.15) is 32.8 Å². The number of benzene rings is 1. The van der Waals surface area contributed by atoms with Gasteiger partial charge in [-0.15, -0.1) is 0 Å². The van der Waals surface area contributed by atoms with Gasteiger partial charge in [-0.2, -0.15) is 11.8 Å². The smallest absolute Gasteiger partial charge is 0.341 e. The minimum Gasteiger partial charge on any atom is -0.503 e. The Balaban J connectivity index is 1.99. The molecule has 9 heteroatoms. The number of hydrogen-bond acceptors (Lipinski definition) is 6. The van der Waals surface area contributed by atoms with Gasteiger partial charge >= 0.3 is 5.97 Å². The van der Waals surface area contributed by atoms with Crippen molar-refractivity contribution in [2.24, 2.45) is 0 Å². The monoisotopic (exact) mass is 420 g/mol. The predicted molar refractivity (Wildman–Crippen MR) is 111 cm³/mol. The zero-order valence-electron chi connectivity index (χ0n) is 16.1. The summed E-state index contributed by atoms with van der Waals surface area (Å²) in [6.45, 7) is 0.980. The molecule has 29 heavy (non-hydrogen) atoms. The number of carbonyl (C=O) groups is 2. The number of thioether (sulfide) groups is 1. The van der Waals surface area contributed by atoms with Crippen molar-refractivity contribution in [1.82, 2.24) is 9.88 Å². The minimum atomic E-state index is -1.48. The predicted octanol–water partition coefficient (Wildman–Crippen LogP) is 2.19. The summed E-state index contributed by atoms with van der Waals surface area (Å²) in [6.07, 6.45) is 1.63. The van der Waals surface area contributed by atoms with E-state index in [0.717, 1.165) is 17.7 Å². The number of aromatic nitrogens is 1. The zero-order valence-corrected chi connectivity index (χ0v) is 16.9. The summed E-state index contributed by atoms with van der Waals surface area (Å²) in [4.78, 5) is 39.6. The highest BCUT2D eigenvalue weighted by Gasteiger charge is 2.23. The number of nitrogens with one attached hydrogen (secondary N) is 1. The fourth-order valence-corrected chi connectivity index (χ4v) is 3.54. The molecule has 1 aromatic carbocycles. The molecule has 1 aromatic heterocycles. The normalized spacial score (nSPS) is 10.7. The Morgan fingerprint density at radius 1 is 1.21 bits per heavy atom. The topological polar surface area (TPSA) is 120 Å². The molecule has 0 saturated carbocycles. The van der Waals surface area contributed by atoms with Gasteiger partial charge in [0.15, 0.2) is 11.4 Å². The third-order valence-corrected chi connectivity index (χ3v) is 5.30. The van der Waals surface area contributed by atoms with Gasteiger partial charge in [-0.3, -0.25) is 9.59 Å². The van der Waals surface area contributed by atoms with Gasteiger partial charge in [0.05, 0.1) is 6.61 Å². The summed E-state index contributed by atoms with van der Waals surface area (Å²) in [7, 11) is 1.51. The van der Waals surface area contributed by atoms with Crippen LogP contribution in [0.5, 0.6) is 5.75 Å². The van der Waals surface area contributed by atoms with Crippen LogP contribution >= 0.6 is 11.8 Å². The van der Waals surface area contributed by atoms with E-state index in [4.69, 9.17) is 9.84 Å². The van der Waals surface area contributed by atoms with Gasteiger partial charge < -0.3 is 24.8 Å². The molecule has 0 atom stereocenters. The zero-order chi connectivity index (χ0) is 21.2. The molecule has 0 aliphatic heterocycles. The van der Waals surface area contributed by atoms with Crippen LogP contribution in [0.3, 0.4) is 0 Å². The molecule has 0 radical (unpaired) electrons. The van der Waals surface area contributed by atoms with Crippen molar-refractivity contribution in [3.8, 4) is 5.75 Å². The van der Waals surface area contributed by atoms with Crippen LogP contribution in [0.4, 0.5) is 0 Å². The molecule has 1 amide bonds. The van der Waals surface area contributed by atoms with Gasteiger partial charge in [0.2, 0.25) is 5.43 Å². The summed E-state index contributed by atoms with van der Waals surface area (Å²) in [5.74, 6) is -1.26. The van der Waals surface area contributed by atoms with E-state index in [1.807, 2.05) is 18.2 Å². The van der Waals surface area contributed by atoms with Crippen LogP contribution in [0.2, 0.25) is 0 Å². The lowest BCUT2D eigenvalue weighted by atomic mass is 10.2. The van der Waals surface area contributed by atoms with E-state index in [-0.39, 0.29) is 12.2 Å². The van der Waals surface area contributed by atoms with Crippen LogP contribution in [0.25, 0.3) is 0 Å². The lowest BCUT2D eigenvalue weighted by Crippen LogP contribution is -2.36. The van der Waals surface area contributed by atoms with Crippen molar-refractivity contribution in [3.63, 3.8) is 0 Å². The number of pyridine rings is 1. The number of carboxylic acids is 1. The van der Waals surface area contributed by atoms with Crippen LogP contribution < -0.4 is 5.43 Å². The van der Waals surface area contributed by atoms with Crippen molar-refractivity contribution >= 4 is 23.6 Å². The number of ether oxygens (including phenoxy) is 1. The molecule has 2 rings (SSSR count). The lowest BCUT2D eigenvalue weighted by Gasteiger charge is -2.22. The summed E-state index contributed by atoms with van der Waals surface area (Å²) in [5, 5.41) is 19.0. The number of hydrogen-bond donors (Lipinski definition) is 3. The Labute approximate surface area is 172 Å². The number of H-pyrrole nitrogens is 1. The summed E-state index contributed by atoms with van der Waals surface area (Å²) >= 11 is 1.75. The molecule has 156 valence electrons. The van der Waals surface area contributed by atoms with Gasteiger partial charge in [0.1, 0.15) is 5.56 Å². The quantitative estimate of drug-likeness (QED) is 0.477. The Kier molecular flexibility index (Phi) is 8.75. The molecule has 1 heterocycles. The van der Waals surface area contributed by atoms with E-state index in [9.17, 15) is 19.5 Å². The molecule has 0 bridgehead atoms.